The number of nitrogens with zero attached hydrogens (tertiary/aromatic N) is 2. The molecule has 2 saturated carbocycles. The summed E-state index contributed by atoms with van der Waals surface area (Å²) < 4.78 is 6.15. The molecule has 2 saturated heterocycles. The number of carbonyl (C=O) groups excluding carboxylic acids is 3. The Balaban J connectivity index is 1.36. The van der Waals surface area contributed by atoms with Gasteiger partial charge in [0.1, 0.15) is 0 Å². The van der Waals surface area contributed by atoms with Crippen LogP contribution in [-0.2, 0) is 19.1 Å². The van der Waals surface area contributed by atoms with E-state index in [-0.39, 0.29) is 42.0 Å². The van der Waals surface area contributed by atoms with Gasteiger partial charge < -0.3 is 19.9 Å². The fourth-order valence-corrected chi connectivity index (χ4v) is 5.28. The molecular formula is C21H33N3O4. The fraction of sp³-hybridized carbons (Fsp3) is 0.857. The number of likely N-dealkylation sites (tertiary alicyclic amines) is 2. The first-order valence-electron chi connectivity index (χ1n) is 11.0. The molecule has 0 bridgehead atoms. The molecular weight excluding hydrogens is 358 g/mol. The molecule has 0 aromatic carbocycles. The Bertz CT molecular complexity index is 619. The second kappa shape index (κ2) is 8.01. The Kier molecular flexibility index (Phi) is 5.63. The molecule has 0 radical (unpaired) electrons. The van der Waals surface area contributed by atoms with E-state index in [1.165, 1.54) is 39.0 Å². The lowest BCUT2D eigenvalue weighted by Crippen LogP contribution is -2.78. The van der Waals surface area contributed by atoms with E-state index >= 15 is 0 Å². The normalized spacial score (nSPS) is 27.6. The Morgan fingerprint density at radius 2 is 1.79 bits per heavy atom. The molecule has 0 aromatic heterocycles. The number of rotatable bonds is 6. The third kappa shape index (κ3) is 3.78. The molecule has 4 fully saturated rings. The number of ether oxygens (including phenoxy) is 1. The van der Waals surface area contributed by atoms with Gasteiger partial charge >= 0.3 is 0 Å². The Hall–Kier alpha value is -1.63. The van der Waals surface area contributed by atoms with Crippen LogP contribution >= 0.6 is 0 Å². The van der Waals surface area contributed by atoms with Crippen molar-refractivity contribution < 1.29 is 19.1 Å². The van der Waals surface area contributed by atoms with Crippen molar-refractivity contribution in [1.82, 2.24) is 15.1 Å². The number of carbonyl (C=O) groups is 3. The molecule has 3 amide bonds. The van der Waals surface area contributed by atoms with Crippen LogP contribution in [0.25, 0.3) is 0 Å². The van der Waals surface area contributed by atoms with E-state index in [1.807, 2.05) is 4.90 Å². The first-order chi connectivity index (χ1) is 13.5. The molecule has 0 aromatic rings. The zero-order chi connectivity index (χ0) is 19.7. The van der Waals surface area contributed by atoms with Gasteiger partial charge in [-0.15, -0.1) is 0 Å². The Morgan fingerprint density at radius 1 is 1.11 bits per heavy atom. The summed E-state index contributed by atoms with van der Waals surface area (Å²) in [6.07, 6.45) is 9.55. The van der Waals surface area contributed by atoms with Crippen molar-refractivity contribution >= 4 is 17.7 Å². The molecule has 1 unspecified atom stereocenters. The van der Waals surface area contributed by atoms with Crippen LogP contribution in [0.2, 0.25) is 0 Å². The van der Waals surface area contributed by atoms with E-state index < -0.39 is 0 Å². The highest BCUT2D eigenvalue weighted by Gasteiger charge is 2.62. The smallest absolute Gasteiger partial charge is 0.254 e. The molecule has 4 aliphatic rings. The maximum atomic E-state index is 13.0. The second-order valence-electron chi connectivity index (χ2n) is 9.05. The third-order valence-corrected chi connectivity index (χ3v) is 7.02. The van der Waals surface area contributed by atoms with Gasteiger partial charge in [-0.2, -0.15) is 0 Å². The highest BCUT2D eigenvalue weighted by Crippen LogP contribution is 2.48. The van der Waals surface area contributed by atoms with Gasteiger partial charge in [-0.3, -0.25) is 14.4 Å². The minimum Gasteiger partial charge on any atom is -0.366 e. The van der Waals surface area contributed by atoms with Gasteiger partial charge in [0.25, 0.3) is 5.91 Å². The van der Waals surface area contributed by atoms with Crippen LogP contribution in [0.3, 0.4) is 0 Å². The topological polar surface area (TPSA) is 79.0 Å². The first-order valence-corrected chi connectivity index (χ1v) is 11.0. The monoisotopic (exact) mass is 391 g/mol. The van der Waals surface area contributed by atoms with E-state index in [9.17, 15) is 14.4 Å². The molecule has 1 spiro atoms. The van der Waals surface area contributed by atoms with Gasteiger partial charge in [0.15, 0.2) is 6.10 Å². The van der Waals surface area contributed by atoms with Crippen LogP contribution in [0, 0.1) is 5.92 Å². The second-order valence-corrected chi connectivity index (χ2v) is 9.05. The molecule has 156 valence electrons. The third-order valence-electron chi connectivity index (χ3n) is 7.02. The number of piperidine rings is 1. The molecule has 7 heteroatoms. The van der Waals surface area contributed by atoms with Crippen molar-refractivity contribution in [3.05, 3.63) is 0 Å². The van der Waals surface area contributed by atoms with Crippen molar-refractivity contribution in [1.29, 1.82) is 0 Å². The lowest BCUT2D eigenvalue weighted by Gasteiger charge is -2.62. The summed E-state index contributed by atoms with van der Waals surface area (Å²) in [5.74, 6) is 0.610. The maximum absolute atomic E-state index is 13.0. The molecule has 2 heterocycles. The standard InChI is InChI=1S/C21H33N3O4/c1-15(25)22-13-18(26)23-11-7-17(8-12-23)24-20(27)19(28-14-16-5-6-16)21(24)9-3-2-4-10-21/h16-17,19H,2-14H2,1H3,(H,22,25). The SMILES string of the molecule is CC(=O)NCC(=O)N1CCC(N2C(=O)C(OCC3CC3)C23CCCCC3)CC1. The molecule has 2 aliphatic heterocycles. The van der Waals surface area contributed by atoms with Crippen molar-refractivity contribution in [2.75, 3.05) is 26.2 Å². The van der Waals surface area contributed by atoms with E-state index in [0.29, 0.717) is 19.0 Å². The molecule has 7 nitrogen and oxygen atoms in total. The molecule has 2 aliphatic carbocycles. The molecule has 28 heavy (non-hydrogen) atoms. The molecule has 1 N–H and O–H groups in total. The summed E-state index contributed by atoms with van der Waals surface area (Å²) in [7, 11) is 0. The minimum atomic E-state index is -0.243. The van der Waals surface area contributed by atoms with Gasteiger partial charge in [0, 0.05) is 26.1 Å². The van der Waals surface area contributed by atoms with Crippen molar-refractivity contribution in [2.45, 2.75) is 82.4 Å². The van der Waals surface area contributed by atoms with Gasteiger partial charge in [0.2, 0.25) is 11.8 Å². The van der Waals surface area contributed by atoms with Crippen molar-refractivity contribution in [3.8, 4) is 0 Å². The highest BCUT2D eigenvalue weighted by atomic mass is 16.5. The number of hydrogen-bond donors (Lipinski definition) is 1. The van der Waals surface area contributed by atoms with E-state index in [4.69, 9.17) is 4.74 Å². The Labute approximate surface area is 167 Å². The lowest BCUT2D eigenvalue weighted by molar-refractivity contribution is -0.211. The number of β-lactam (4-membered cyclic amide) rings is 1. The van der Waals surface area contributed by atoms with E-state index in [2.05, 4.69) is 10.2 Å². The van der Waals surface area contributed by atoms with Crippen LogP contribution in [-0.4, -0.2) is 71.4 Å². The predicted octanol–water partition coefficient (Wildman–Crippen LogP) is 1.45. The number of nitrogens with one attached hydrogen (secondary N) is 1. The van der Waals surface area contributed by atoms with Crippen molar-refractivity contribution in [3.63, 3.8) is 0 Å². The first kappa shape index (κ1) is 19.7. The highest BCUT2D eigenvalue weighted by molar-refractivity contribution is 5.91. The quantitative estimate of drug-likeness (QED) is 0.695. The minimum absolute atomic E-state index is 0.0402. The fourth-order valence-electron chi connectivity index (χ4n) is 5.28. The summed E-state index contributed by atoms with van der Waals surface area (Å²) in [4.78, 5) is 40.3. The number of hydrogen-bond acceptors (Lipinski definition) is 4. The molecule has 1 atom stereocenters. The lowest BCUT2D eigenvalue weighted by atomic mass is 9.68. The van der Waals surface area contributed by atoms with Crippen molar-refractivity contribution in [2.24, 2.45) is 5.92 Å². The summed E-state index contributed by atoms with van der Waals surface area (Å²) in [6.45, 7) is 3.51. The molecule has 4 rings (SSSR count). The van der Waals surface area contributed by atoms with Gasteiger partial charge in [-0.1, -0.05) is 19.3 Å². The maximum Gasteiger partial charge on any atom is 0.254 e. The summed E-state index contributed by atoms with van der Waals surface area (Å²) in [5.41, 5.74) is -0.0999. The van der Waals surface area contributed by atoms with Crippen LogP contribution in [0.1, 0.15) is 64.7 Å². The van der Waals surface area contributed by atoms with Crippen LogP contribution in [0.5, 0.6) is 0 Å². The average Bonchev–Trinajstić information content (AvgIpc) is 3.52. The van der Waals surface area contributed by atoms with Gasteiger partial charge in [-0.25, -0.2) is 0 Å². The number of amides is 3. The van der Waals surface area contributed by atoms with Crippen LogP contribution in [0.4, 0.5) is 0 Å². The predicted molar refractivity (Wildman–Crippen MR) is 103 cm³/mol. The summed E-state index contributed by atoms with van der Waals surface area (Å²) in [5, 5.41) is 2.58. The Morgan fingerprint density at radius 3 is 2.39 bits per heavy atom. The van der Waals surface area contributed by atoms with Crippen LogP contribution < -0.4 is 5.32 Å². The van der Waals surface area contributed by atoms with E-state index in [1.54, 1.807) is 0 Å². The van der Waals surface area contributed by atoms with E-state index in [0.717, 1.165) is 32.3 Å². The van der Waals surface area contributed by atoms with Gasteiger partial charge in [0.05, 0.1) is 18.7 Å². The largest absolute Gasteiger partial charge is 0.366 e. The van der Waals surface area contributed by atoms with Crippen LogP contribution in [0.15, 0.2) is 0 Å². The summed E-state index contributed by atoms with van der Waals surface area (Å²) >= 11 is 0. The summed E-state index contributed by atoms with van der Waals surface area (Å²) in [6, 6.07) is 0.205. The zero-order valence-electron chi connectivity index (χ0n) is 17.0. The average molecular weight is 392 g/mol. The van der Waals surface area contributed by atoms with Gasteiger partial charge in [-0.05, 0) is 44.4 Å². The zero-order valence-corrected chi connectivity index (χ0v) is 17.0.